The first-order chi connectivity index (χ1) is 11.5. The number of benzene rings is 1. The lowest BCUT2D eigenvalue weighted by molar-refractivity contribution is -0.393. The Hall–Kier alpha value is -3.01. The van der Waals surface area contributed by atoms with Gasteiger partial charge in [-0.25, -0.2) is 0 Å². The molecule has 0 aliphatic rings. The molecule has 1 aromatic carbocycles. The number of thiophene rings is 1. The quantitative estimate of drug-likeness (QED) is 0.463. The van der Waals surface area contributed by atoms with Crippen LogP contribution in [-0.2, 0) is 6.42 Å². The molecule has 0 atom stereocenters. The average Bonchev–Trinajstić information content (AvgIpc) is 2.97. The van der Waals surface area contributed by atoms with E-state index >= 15 is 0 Å². The standard InChI is InChI=1S/C14H14N4O5S/c1-3-11-6-9(14(23-2)24-11)8-15-16-12-5-4-10(17(19)20)7-13(12)18(21)22/h4-8,16H,3H2,1-2H3. The van der Waals surface area contributed by atoms with Crippen molar-refractivity contribution in [2.45, 2.75) is 13.3 Å². The molecule has 1 aromatic heterocycles. The monoisotopic (exact) mass is 350 g/mol. The molecule has 2 rings (SSSR count). The Morgan fingerprint density at radius 1 is 1.29 bits per heavy atom. The molecule has 1 heterocycles. The molecule has 0 saturated heterocycles. The summed E-state index contributed by atoms with van der Waals surface area (Å²) in [4.78, 5) is 21.5. The minimum Gasteiger partial charge on any atom is -0.487 e. The first kappa shape index (κ1) is 17.3. The molecule has 2 aromatic rings. The lowest BCUT2D eigenvalue weighted by Crippen LogP contribution is -1.98. The van der Waals surface area contributed by atoms with Gasteiger partial charge in [-0.1, -0.05) is 6.92 Å². The van der Waals surface area contributed by atoms with Crippen molar-refractivity contribution in [3.05, 3.63) is 54.9 Å². The van der Waals surface area contributed by atoms with E-state index in [1.807, 2.05) is 13.0 Å². The highest BCUT2D eigenvalue weighted by Gasteiger charge is 2.19. The van der Waals surface area contributed by atoms with E-state index in [1.165, 1.54) is 29.7 Å². The van der Waals surface area contributed by atoms with Gasteiger partial charge < -0.3 is 4.74 Å². The van der Waals surface area contributed by atoms with Crippen molar-refractivity contribution >= 4 is 34.6 Å². The van der Waals surface area contributed by atoms with E-state index in [1.54, 1.807) is 7.11 Å². The number of hydrazone groups is 1. The molecule has 0 radical (unpaired) electrons. The van der Waals surface area contributed by atoms with Crippen LogP contribution in [0, 0.1) is 20.2 Å². The molecular weight excluding hydrogens is 336 g/mol. The van der Waals surface area contributed by atoms with Crippen LogP contribution in [0.2, 0.25) is 0 Å². The zero-order chi connectivity index (χ0) is 17.7. The molecule has 24 heavy (non-hydrogen) atoms. The van der Waals surface area contributed by atoms with Crippen molar-refractivity contribution in [3.63, 3.8) is 0 Å². The molecule has 0 amide bonds. The first-order valence-electron chi connectivity index (χ1n) is 6.84. The van der Waals surface area contributed by atoms with Crippen molar-refractivity contribution in [1.82, 2.24) is 0 Å². The number of hydrogen-bond acceptors (Lipinski definition) is 8. The molecule has 9 nitrogen and oxygen atoms in total. The molecule has 10 heteroatoms. The maximum Gasteiger partial charge on any atom is 0.301 e. The third-order valence-electron chi connectivity index (χ3n) is 3.09. The van der Waals surface area contributed by atoms with Gasteiger partial charge in [0.2, 0.25) is 0 Å². The summed E-state index contributed by atoms with van der Waals surface area (Å²) in [5, 5.41) is 26.4. The normalized spacial score (nSPS) is 10.8. The van der Waals surface area contributed by atoms with E-state index < -0.39 is 15.5 Å². The lowest BCUT2D eigenvalue weighted by Gasteiger charge is -2.02. The number of rotatable bonds is 7. The largest absolute Gasteiger partial charge is 0.487 e. The molecule has 126 valence electrons. The van der Waals surface area contributed by atoms with Crippen LogP contribution >= 0.6 is 11.3 Å². The van der Waals surface area contributed by atoms with Gasteiger partial charge in [0, 0.05) is 16.5 Å². The van der Waals surface area contributed by atoms with Gasteiger partial charge in [0.1, 0.15) is 5.69 Å². The maximum absolute atomic E-state index is 11.0. The molecular formula is C14H14N4O5S. The van der Waals surface area contributed by atoms with Gasteiger partial charge in [-0.15, -0.1) is 11.3 Å². The van der Waals surface area contributed by atoms with E-state index in [4.69, 9.17) is 4.74 Å². The fourth-order valence-electron chi connectivity index (χ4n) is 1.91. The summed E-state index contributed by atoms with van der Waals surface area (Å²) in [7, 11) is 1.55. The minimum atomic E-state index is -0.703. The molecule has 0 saturated carbocycles. The smallest absolute Gasteiger partial charge is 0.301 e. The number of nitrogens with one attached hydrogen (secondary N) is 1. The second kappa shape index (κ2) is 7.51. The van der Waals surface area contributed by atoms with E-state index in [-0.39, 0.29) is 11.4 Å². The zero-order valence-electron chi connectivity index (χ0n) is 12.9. The Bertz CT molecular complexity index is 802. The van der Waals surface area contributed by atoms with Crippen LogP contribution in [0.5, 0.6) is 5.06 Å². The second-order valence-corrected chi connectivity index (χ2v) is 5.70. The number of ether oxygens (including phenoxy) is 1. The highest BCUT2D eigenvalue weighted by atomic mass is 32.1. The van der Waals surface area contributed by atoms with Gasteiger partial charge in [-0.2, -0.15) is 5.10 Å². The van der Waals surface area contributed by atoms with E-state index in [0.29, 0.717) is 5.06 Å². The van der Waals surface area contributed by atoms with Crippen LogP contribution in [0.4, 0.5) is 17.1 Å². The van der Waals surface area contributed by atoms with Gasteiger partial charge in [0.05, 0.1) is 29.2 Å². The highest BCUT2D eigenvalue weighted by molar-refractivity contribution is 7.14. The Morgan fingerprint density at radius 3 is 2.62 bits per heavy atom. The zero-order valence-corrected chi connectivity index (χ0v) is 13.7. The summed E-state index contributed by atoms with van der Waals surface area (Å²) in [6.45, 7) is 2.02. The van der Waals surface area contributed by atoms with Crippen molar-refractivity contribution in [2.24, 2.45) is 5.10 Å². The van der Waals surface area contributed by atoms with Crippen LogP contribution < -0.4 is 10.2 Å². The number of nitro benzene ring substituents is 2. The van der Waals surface area contributed by atoms with Gasteiger partial charge in [0.25, 0.3) is 5.69 Å². The average molecular weight is 350 g/mol. The maximum atomic E-state index is 11.0. The summed E-state index contributed by atoms with van der Waals surface area (Å²) in [5.74, 6) is 0. The molecule has 0 unspecified atom stereocenters. The number of nitro groups is 2. The fraction of sp³-hybridized carbons (Fsp3) is 0.214. The summed E-state index contributed by atoms with van der Waals surface area (Å²) in [6.07, 6.45) is 2.34. The van der Waals surface area contributed by atoms with Crippen LogP contribution in [0.15, 0.2) is 29.4 Å². The van der Waals surface area contributed by atoms with Gasteiger partial charge in [0.15, 0.2) is 5.06 Å². The van der Waals surface area contributed by atoms with Gasteiger partial charge >= 0.3 is 5.69 Å². The predicted octanol–water partition coefficient (Wildman–Crippen LogP) is 3.58. The van der Waals surface area contributed by atoms with Crippen molar-refractivity contribution in [3.8, 4) is 5.06 Å². The Balaban J connectivity index is 2.24. The molecule has 0 aliphatic heterocycles. The second-order valence-electron chi connectivity index (χ2n) is 4.60. The summed E-state index contributed by atoms with van der Waals surface area (Å²) < 4.78 is 5.25. The number of methoxy groups -OCH3 is 1. The first-order valence-corrected chi connectivity index (χ1v) is 7.66. The lowest BCUT2D eigenvalue weighted by atomic mass is 10.2. The van der Waals surface area contributed by atoms with E-state index in [2.05, 4.69) is 10.5 Å². The number of anilines is 1. The topological polar surface area (TPSA) is 120 Å². The molecule has 0 fully saturated rings. The van der Waals surface area contributed by atoms with Crippen LogP contribution in [0.1, 0.15) is 17.4 Å². The predicted molar refractivity (Wildman–Crippen MR) is 91.2 cm³/mol. The number of non-ortho nitro benzene ring substituents is 1. The Labute approximate surface area is 140 Å². The molecule has 0 aliphatic carbocycles. The number of hydrogen-bond donors (Lipinski definition) is 1. The molecule has 1 N–H and O–H groups in total. The number of aryl methyl sites for hydroxylation is 1. The third-order valence-corrected chi connectivity index (χ3v) is 4.34. The van der Waals surface area contributed by atoms with Crippen LogP contribution in [0.3, 0.4) is 0 Å². The summed E-state index contributed by atoms with van der Waals surface area (Å²) in [5.41, 5.74) is 2.57. The van der Waals surface area contributed by atoms with Crippen LogP contribution in [-0.4, -0.2) is 23.2 Å². The van der Waals surface area contributed by atoms with Crippen molar-refractivity contribution in [1.29, 1.82) is 0 Å². The van der Waals surface area contributed by atoms with Gasteiger partial charge in [-0.05, 0) is 18.6 Å². The minimum absolute atomic E-state index is 0.0618. The molecule has 0 bridgehead atoms. The molecule has 0 spiro atoms. The summed E-state index contributed by atoms with van der Waals surface area (Å²) >= 11 is 1.49. The summed E-state index contributed by atoms with van der Waals surface area (Å²) in [6, 6.07) is 5.22. The van der Waals surface area contributed by atoms with Crippen molar-refractivity contribution in [2.75, 3.05) is 12.5 Å². The van der Waals surface area contributed by atoms with E-state index in [9.17, 15) is 20.2 Å². The fourth-order valence-corrected chi connectivity index (χ4v) is 2.80. The van der Waals surface area contributed by atoms with Crippen molar-refractivity contribution < 1.29 is 14.6 Å². The Morgan fingerprint density at radius 2 is 2.04 bits per heavy atom. The number of nitrogens with zero attached hydrogens (tertiary/aromatic N) is 3. The third kappa shape index (κ3) is 3.84. The van der Waals surface area contributed by atoms with Gasteiger partial charge in [-0.3, -0.25) is 25.7 Å². The highest BCUT2D eigenvalue weighted by Crippen LogP contribution is 2.30. The Kier molecular flexibility index (Phi) is 5.42. The van der Waals surface area contributed by atoms with E-state index in [0.717, 1.165) is 22.9 Å². The van der Waals surface area contributed by atoms with Crippen LogP contribution in [0.25, 0.3) is 0 Å². The SMILES string of the molecule is CCc1cc(C=NNc2ccc([N+](=O)[O-])cc2[N+](=O)[O-])c(OC)s1.